The third kappa shape index (κ3) is 3.08. The molecule has 0 bridgehead atoms. The Morgan fingerprint density at radius 1 is 0.952 bits per heavy atom. The van der Waals surface area contributed by atoms with Crippen molar-refractivity contribution in [2.45, 2.75) is 0 Å². The van der Waals surface area contributed by atoms with Crippen molar-refractivity contribution in [2.75, 3.05) is 5.32 Å². The zero-order chi connectivity index (χ0) is 15.6. The number of halogens is 1. The Bertz CT molecular complexity index is 729. The molecule has 0 spiro atoms. The SMILES string of the molecule is O=C(O)c1cc(NC(=O)c2ccc(F)cc2O)ccc1O. The molecule has 21 heavy (non-hydrogen) atoms. The highest BCUT2D eigenvalue weighted by atomic mass is 19.1. The van der Waals surface area contributed by atoms with Crippen LogP contribution in [0.1, 0.15) is 20.7 Å². The summed E-state index contributed by atoms with van der Waals surface area (Å²) in [4.78, 5) is 22.8. The van der Waals surface area contributed by atoms with Gasteiger partial charge < -0.3 is 20.6 Å². The van der Waals surface area contributed by atoms with E-state index in [4.69, 9.17) is 5.11 Å². The second-order valence-electron chi connectivity index (χ2n) is 4.15. The van der Waals surface area contributed by atoms with Crippen LogP contribution in [0.3, 0.4) is 0 Å². The number of rotatable bonds is 3. The lowest BCUT2D eigenvalue weighted by Crippen LogP contribution is -2.12. The maximum atomic E-state index is 12.8. The number of hydrogen-bond acceptors (Lipinski definition) is 4. The largest absolute Gasteiger partial charge is 0.507 e. The highest BCUT2D eigenvalue weighted by Gasteiger charge is 2.15. The van der Waals surface area contributed by atoms with Crippen LogP contribution in [-0.4, -0.2) is 27.2 Å². The molecule has 0 aliphatic carbocycles. The summed E-state index contributed by atoms with van der Waals surface area (Å²) in [6.07, 6.45) is 0. The van der Waals surface area contributed by atoms with Gasteiger partial charge in [0.1, 0.15) is 22.9 Å². The highest BCUT2D eigenvalue weighted by Crippen LogP contribution is 2.23. The summed E-state index contributed by atoms with van der Waals surface area (Å²) >= 11 is 0. The van der Waals surface area contributed by atoms with Crippen LogP contribution < -0.4 is 5.32 Å². The first-order chi connectivity index (χ1) is 9.88. The van der Waals surface area contributed by atoms with E-state index in [2.05, 4.69) is 5.32 Å². The number of carboxylic acid groups (broad SMARTS) is 1. The number of aromatic hydroxyl groups is 2. The molecule has 0 fully saturated rings. The molecule has 1 amide bonds. The number of anilines is 1. The third-order valence-corrected chi connectivity index (χ3v) is 2.69. The van der Waals surface area contributed by atoms with Crippen LogP contribution in [0.15, 0.2) is 36.4 Å². The highest BCUT2D eigenvalue weighted by molar-refractivity contribution is 6.06. The van der Waals surface area contributed by atoms with Crippen LogP contribution in [0.2, 0.25) is 0 Å². The van der Waals surface area contributed by atoms with E-state index in [0.717, 1.165) is 30.3 Å². The molecule has 2 aromatic carbocycles. The van der Waals surface area contributed by atoms with Gasteiger partial charge in [0.05, 0.1) is 5.56 Å². The molecule has 0 aliphatic rings. The molecule has 0 radical (unpaired) electrons. The maximum absolute atomic E-state index is 12.8. The van der Waals surface area contributed by atoms with Gasteiger partial charge in [-0.1, -0.05) is 0 Å². The first-order valence-corrected chi connectivity index (χ1v) is 5.74. The Hall–Kier alpha value is -3.09. The van der Waals surface area contributed by atoms with Gasteiger partial charge in [-0.3, -0.25) is 4.79 Å². The second kappa shape index (κ2) is 5.49. The van der Waals surface area contributed by atoms with E-state index in [1.165, 1.54) is 6.07 Å². The van der Waals surface area contributed by atoms with E-state index in [9.17, 15) is 24.2 Å². The predicted molar refractivity (Wildman–Crippen MR) is 71.1 cm³/mol. The third-order valence-electron chi connectivity index (χ3n) is 2.69. The molecule has 0 saturated heterocycles. The Morgan fingerprint density at radius 2 is 1.67 bits per heavy atom. The van der Waals surface area contributed by atoms with Crippen molar-refractivity contribution in [3.05, 3.63) is 53.3 Å². The van der Waals surface area contributed by atoms with Gasteiger partial charge in [0.2, 0.25) is 0 Å². The van der Waals surface area contributed by atoms with Gasteiger partial charge in [-0.15, -0.1) is 0 Å². The Balaban J connectivity index is 2.27. The minimum absolute atomic E-state index is 0.110. The minimum Gasteiger partial charge on any atom is -0.507 e. The summed E-state index contributed by atoms with van der Waals surface area (Å²) in [5, 5.41) is 30.1. The minimum atomic E-state index is -1.35. The maximum Gasteiger partial charge on any atom is 0.339 e. The molecule has 0 aromatic heterocycles. The van der Waals surface area contributed by atoms with Gasteiger partial charge in [-0.05, 0) is 30.3 Å². The van der Waals surface area contributed by atoms with Crippen molar-refractivity contribution in [2.24, 2.45) is 0 Å². The van der Waals surface area contributed by atoms with Crippen LogP contribution in [-0.2, 0) is 0 Å². The van der Waals surface area contributed by atoms with Crippen molar-refractivity contribution < 1.29 is 29.3 Å². The first-order valence-electron chi connectivity index (χ1n) is 5.74. The number of hydrogen-bond donors (Lipinski definition) is 4. The number of phenols is 2. The summed E-state index contributed by atoms with van der Waals surface area (Å²) in [7, 11) is 0. The van der Waals surface area contributed by atoms with Crippen LogP contribution >= 0.6 is 0 Å². The van der Waals surface area contributed by atoms with E-state index in [1.54, 1.807) is 0 Å². The van der Waals surface area contributed by atoms with Crippen LogP contribution in [0.5, 0.6) is 11.5 Å². The molecule has 0 atom stereocenters. The molecule has 0 unspecified atom stereocenters. The zero-order valence-electron chi connectivity index (χ0n) is 10.5. The fourth-order valence-corrected chi connectivity index (χ4v) is 1.68. The predicted octanol–water partition coefficient (Wildman–Crippen LogP) is 2.19. The van der Waals surface area contributed by atoms with Gasteiger partial charge in [-0.2, -0.15) is 0 Å². The Kier molecular flexibility index (Phi) is 3.75. The number of carbonyl (C=O) groups excluding carboxylic acids is 1. The lowest BCUT2D eigenvalue weighted by atomic mass is 10.1. The van der Waals surface area contributed by atoms with Crippen molar-refractivity contribution in [1.82, 2.24) is 0 Å². The van der Waals surface area contributed by atoms with Gasteiger partial charge in [0, 0.05) is 11.8 Å². The van der Waals surface area contributed by atoms with E-state index in [1.807, 2.05) is 0 Å². The summed E-state index contributed by atoms with van der Waals surface area (Å²) in [6.45, 7) is 0. The standard InChI is InChI=1S/C14H10FNO5/c15-7-1-3-9(12(18)5-7)13(19)16-8-2-4-11(17)10(6-8)14(20)21/h1-6,17-18H,(H,16,19)(H,20,21). The molecule has 0 heterocycles. The molecule has 6 nitrogen and oxygen atoms in total. The van der Waals surface area contributed by atoms with Gasteiger partial charge in [0.15, 0.2) is 0 Å². The summed E-state index contributed by atoms with van der Waals surface area (Å²) in [5.74, 6) is -3.76. The van der Waals surface area contributed by atoms with Crippen LogP contribution in [0.25, 0.3) is 0 Å². The van der Waals surface area contributed by atoms with Crippen molar-refractivity contribution >= 4 is 17.6 Å². The van der Waals surface area contributed by atoms with E-state index < -0.39 is 29.2 Å². The fourth-order valence-electron chi connectivity index (χ4n) is 1.68. The number of amides is 1. The molecule has 2 aromatic rings. The topological polar surface area (TPSA) is 107 Å². The molecule has 7 heteroatoms. The summed E-state index contributed by atoms with van der Waals surface area (Å²) in [5.41, 5.74) is -0.434. The monoisotopic (exact) mass is 291 g/mol. The number of aromatic carboxylic acids is 1. The number of carbonyl (C=O) groups is 2. The molecular formula is C14H10FNO5. The number of carboxylic acids is 1. The van der Waals surface area contributed by atoms with Crippen molar-refractivity contribution in [1.29, 1.82) is 0 Å². The Morgan fingerprint density at radius 3 is 2.29 bits per heavy atom. The van der Waals surface area contributed by atoms with E-state index >= 15 is 0 Å². The number of nitrogens with one attached hydrogen (secondary N) is 1. The quantitative estimate of drug-likeness (QED) is 0.648. The normalized spacial score (nSPS) is 10.1. The Labute approximate surface area is 118 Å². The summed E-state index contributed by atoms with van der Waals surface area (Å²) in [6, 6.07) is 6.36. The average Bonchev–Trinajstić information content (AvgIpc) is 2.40. The molecule has 108 valence electrons. The first kappa shape index (κ1) is 14.3. The summed E-state index contributed by atoms with van der Waals surface area (Å²) < 4.78 is 12.8. The van der Waals surface area contributed by atoms with Crippen LogP contribution in [0.4, 0.5) is 10.1 Å². The molecular weight excluding hydrogens is 281 g/mol. The zero-order valence-corrected chi connectivity index (χ0v) is 10.5. The average molecular weight is 291 g/mol. The van der Waals surface area contributed by atoms with Gasteiger partial charge in [0.25, 0.3) is 5.91 Å². The van der Waals surface area contributed by atoms with Gasteiger partial charge in [-0.25, -0.2) is 9.18 Å². The lowest BCUT2D eigenvalue weighted by Gasteiger charge is -2.08. The fraction of sp³-hybridized carbons (Fsp3) is 0. The van der Waals surface area contributed by atoms with Gasteiger partial charge >= 0.3 is 5.97 Å². The molecule has 2 rings (SSSR count). The molecule has 0 saturated carbocycles. The lowest BCUT2D eigenvalue weighted by molar-refractivity contribution is 0.0693. The number of benzene rings is 2. The molecule has 0 aliphatic heterocycles. The second-order valence-corrected chi connectivity index (χ2v) is 4.15. The number of phenolic OH excluding ortho intramolecular Hbond substituents is 1. The smallest absolute Gasteiger partial charge is 0.339 e. The molecule has 4 N–H and O–H groups in total. The van der Waals surface area contributed by atoms with E-state index in [0.29, 0.717) is 0 Å². The van der Waals surface area contributed by atoms with Crippen LogP contribution in [0, 0.1) is 5.82 Å². The van der Waals surface area contributed by atoms with Crippen molar-refractivity contribution in [3.8, 4) is 11.5 Å². The van der Waals surface area contributed by atoms with Crippen molar-refractivity contribution in [3.63, 3.8) is 0 Å². The van der Waals surface area contributed by atoms with E-state index in [-0.39, 0.29) is 16.8 Å².